The Balaban J connectivity index is 1.76. The molecule has 0 atom stereocenters. The summed E-state index contributed by atoms with van der Waals surface area (Å²) in [7, 11) is -0.976. The van der Waals surface area contributed by atoms with E-state index >= 15 is 0 Å². The fourth-order valence-corrected chi connectivity index (χ4v) is 5.29. The molecule has 0 aliphatic rings. The molecule has 0 saturated heterocycles. The van der Waals surface area contributed by atoms with Crippen molar-refractivity contribution in [3.63, 3.8) is 0 Å². The number of nitrogens with one attached hydrogen (secondary N) is 1. The zero-order valence-electron chi connectivity index (χ0n) is 15.7. The van der Waals surface area contributed by atoms with Crippen LogP contribution in [0, 0.1) is 6.92 Å². The minimum absolute atomic E-state index is 0.0682. The summed E-state index contributed by atoms with van der Waals surface area (Å²) in [5.41, 5.74) is 0.965. The second-order valence-electron chi connectivity index (χ2n) is 5.89. The van der Waals surface area contributed by atoms with Gasteiger partial charge in [-0.3, -0.25) is 4.79 Å². The summed E-state index contributed by atoms with van der Waals surface area (Å²) in [6, 6.07) is 7.81. The van der Waals surface area contributed by atoms with Crippen LogP contribution in [0.25, 0.3) is 5.69 Å². The lowest BCUT2D eigenvalue weighted by molar-refractivity contribution is -0.116. The van der Waals surface area contributed by atoms with Gasteiger partial charge in [0, 0.05) is 12.7 Å². The Bertz CT molecular complexity index is 1140. The summed E-state index contributed by atoms with van der Waals surface area (Å²) in [5, 5.41) is 14.0. The number of ether oxygens (including phenoxy) is 1. The van der Waals surface area contributed by atoms with Gasteiger partial charge in [0.1, 0.15) is 15.6 Å². The number of halogens is 1. The highest BCUT2D eigenvalue weighted by molar-refractivity contribution is 7.91. The van der Waals surface area contributed by atoms with Gasteiger partial charge in [0.25, 0.3) is 10.0 Å². The molecule has 3 rings (SSSR count). The number of nitrogens with zero attached hydrogens (tertiary/aromatic N) is 5. The fraction of sp³-hybridized carbons (Fsp3) is 0.250. The Labute approximate surface area is 176 Å². The van der Waals surface area contributed by atoms with Gasteiger partial charge in [-0.15, -0.1) is 16.4 Å². The maximum atomic E-state index is 12.5. The molecule has 0 fully saturated rings. The maximum Gasteiger partial charge on any atom is 0.252 e. The van der Waals surface area contributed by atoms with Crippen LogP contribution in [0.5, 0.6) is 5.75 Å². The molecular weight excluding hydrogens is 440 g/mol. The smallest absolute Gasteiger partial charge is 0.252 e. The second-order valence-corrected chi connectivity index (χ2v) is 9.88. The average Bonchev–Trinajstić information content (AvgIpc) is 3.30. The number of hydrogen-bond donors (Lipinski definition) is 1. The number of methoxy groups -OCH3 is 1. The lowest BCUT2D eigenvalue weighted by Gasteiger charge is -2.16. The molecule has 29 heavy (non-hydrogen) atoms. The van der Waals surface area contributed by atoms with Crippen LogP contribution in [-0.2, 0) is 14.8 Å². The van der Waals surface area contributed by atoms with Gasteiger partial charge >= 0.3 is 0 Å². The monoisotopic (exact) mass is 456 g/mol. The van der Waals surface area contributed by atoms with Gasteiger partial charge in [-0.25, -0.2) is 8.42 Å². The second kappa shape index (κ2) is 8.45. The maximum absolute atomic E-state index is 12.5. The topological polar surface area (TPSA) is 119 Å². The van der Waals surface area contributed by atoms with E-state index < -0.39 is 15.9 Å². The van der Waals surface area contributed by atoms with Gasteiger partial charge < -0.3 is 10.1 Å². The van der Waals surface area contributed by atoms with E-state index in [1.54, 1.807) is 25.1 Å². The first-order chi connectivity index (χ1) is 13.7. The SMILES string of the molecule is COc1ccc(NC(=O)CN(C)S(=O)(=O)c2ccc(Cl)s2)cc1-n1nnnc1C. The number of thiophene rings is 1. The number of carbonyl (C=O) groups is 1. The molecule has 0 radical (unpaired) electrons. The number of carbonyl (C=O) groups excluding carboxylic acids is 1. The number of hydrogen-bond acceptors (Lipinski definition) is 8. The van der Waals surface area contributed by atoms with Crippen LogP contribution in [0.1, 0.15) is 5.82 Å². The molecule has 0 saturated carbocycles. The summed E-state index contributed by atoms with van der Waals surface area (Å²) in [4.78, 5) is 12.4. The third-order valence-electron chi connectivity index (χ3n) is 3.90. The number of tetrazole rings is 1. The van der Waals surface area contributed by atoms with Gasteiger partial charge in [0.2, 0.25) is 5.91 Å². The van der Waals surface area contributed by atoms with Crippen LogP contribution >= 0.6 is 22.9 Å². The van der Waals surface area contributed by atoms with Crippen molar-refractivity contribution in [2.45, 2.75) is 11.1 Å². The van der Waals surface area contributed by atoms with E-state index in [0.717, 1.165) is 15.6 Å². The molecule has 0 aliphatic carbocycles. The zero-order valence-corrected chi connectivity index (χ0v) is 18.0. The van der Waals surface area contributed by atoms with Crippen molar-refractivity contribution >= 4 is 44.6 Å². The fourth-order valence-electron chi connectivity index (χ4n) is 2.47. The summed E-state index contributed by atoms with van der Waals surface area (Å²) in [5.74, 6) is 0.531. The number of rotatable bonds is 7. The van der Waals surface area contributed by atoms with Crippen molar-refractivity contribution < 1.29 is 17.9 Å². The van der Waals surface area contributed by atoms with Crippen molar-refractivity contribution in [3.05, 3.63) is 40.5 Å². The van der Waals surface area contributed by atoms with Crippen molar-refractivity contribution in [3.8, 4) is 11.4 Å². The molecule has 2 heterocycles. The van der Waals surface area contributed by atoms with Crippen LogP contribution in [-0.4, -0.2) is 59.5 Å². The van der Waals surface area contributed by atoms with Crippen molar-refractivity contribution in [2.24, 2.45) is 0 Å². The van der Waals surface area contributed by atoms with Crippen molar-refractivity contribution in [1.29, 1.82) is 0 Å². The number of benzene rings is 1. The van der Waals surface area contributed by atoms with Gasteiger partial charge in [0.15, 0.2) is 5.82 Å². The van der Waals surface area contributed by atoms with Crippen LogP contribution in [0.15, 0.2) is 34.5 Å². The zero-order chi connectivity index (χ0) is 21.2. The first-order valence-electron chi connectivity index (χ1n) is 8.17. The van der Waals surface area contributed by atoms with Crippen molar-refractivity contribution in [2.75, 3.05) is 26.0 Å². The predicted molar refractivity (Wildman–Crippen MR) is 108 cm³/mol. The van der Waals surface area contributed by atoms with E-state index in [2.05, 4.69) is 20.8 Å². The molecule has 3 aromatic rings. The summed E-state index contributed by atoms with van der Waals surface area (Å²) in [6.07, 6.45) is 0. The molecule has 1 aromatic carbocycles. The molecule has 13 heteroatoms. The predicted octanol–water partition coefficient (Wildman–Crippen LogP) is 1.95. The van der Waals surface area contributed by atoms with Crippen molar-refractivity contribution in [1.82, 2.24) is 24.5 Å². The molecule has 1 amide bonds. The Hall–Kier alpha value is -2.54. The number of amides is 1. The molecule has 1 N–H and O–H groups in total. The molecule has 154 valence electrons. The van der Waals surface area contributed by atoms with E-state index in [1.807, 2.05) is 0 Å². The van der Waals surface area contributed by atoms with E-state index in [4.69, 9.17) is 16.3 Å². The molecule has 0 spiro atoms. The standard InChI is InChI=1S/C16H17ClN6O4S2/c1-10-19-20-21-23(10)12-8-11(4-5-13(12)27-3)18-15(24)9-22(2)29(25,26)16-7-6-14(17)28-16/h4-8H,9H2,1-3H3,(H,18,24). The lowest BCUT2D eigenvalue weighted by atomic mass is 10.2. The Kier molecular flexibility index (Phi) is 6.17. The molecule has 0 aliphatic heterocycles. The summed E-state index contributed by atoms with van der Waals surface area (Å²) < 4.78 is 33.2. The van der Waals surface area contributed by atoms with Gasteiger partial charge in [-0.1, -0.05) is 11.6 Å². The highest BCUT2D eigenvalue weighted by atomic mass is 35.5. The van der Waals surface area contributed by atoms with E-state index in [1.165, 1.54) is 31.0 Å². The number of aromatic nitrogens is 4. The molecule has 2 aromatic heterocycles. The number of likely N-dealkylation sites (N-methyl/N-ethyl adjacent to an activating group) is 1. The summed E-state index contributed by atoms with van der Waals surface area (Å²) in [6.45, 7) is 1.35. The van der Waals surface area contributed by atoms with Gasteiger partial charge in [0.05, 0.1) is 18.0 Å². The van der Waals surface area contributed by atoms with Crippen LogP contribution in [0.4, 0.5) is 5.69 Å². The minimum atomic E-state index is -3.81. The summed E-state index contributed by atoms with van der Waals surface area (Å²) >= 11 is 6.74. The molecule has 10 nitrogen and oxygen atoms in total. The number of sulfonamides is 1. The largest absolute Gasteiger partial charge is 0.494 e. The molecule has 0 unspecified atom stereocenters. The highest BCUT2D eigenvalue weighted by Crippen LogP contribution is 2.28. The third-order valence-corrected chi connectivity index (χ3v) is 7.40. The number of aryl methyl sites for hydroxylation is 1. The quantitative estimate of drug-likeness (QED) is 0.577. The first-order valence-corrected chi connectivity index (χ1v) is 10.8. The van der Waals surface area contributed by atoms with Gasteiger partial charge in [-0.05, 0) is 47.7 Å². The minimum Gasteiger partial charge on any atom is -0.494 e. The van der Waals surface area contributed by atoms with E-state index in [-0.39, 0.29) is 10.8 Å². The van der Waals surface area contributed by atoms with Crippen LogP contribution in [0.2, 0.25) is 4.34 Å². The third kappa shape index (κ3) is 4.56. The lowest BCUT2D eigenvalue weighted by Crippen LogP contribution is -2.34. The Morgan fingerprint density at radius 1 is 1.34 bits per heavy atom. The average molecular weight is 457 g/mol. The van der Waals surface area contributed by atoms with E-state index in [0.29, 0.717) is 27.3 Å². The van der Waals surface area contributed by atoms with Gasteiger partial charge in [-0.2, -0.15) is 8.99 Å². The Morgan fingerprint density at radius 3 is 2.69 bits per heavy atom. The molecule has 0 bridgehead atoms. The first kappa shape index (κ1) is 21.2. The van der Waals surface area contributed by atoms with E-state index in [9.17, 15) is 13.2 Å². The van der Waals surface area contributed by atoms with Crippen LogP contribution in [0.3, 0.4) is 0 Å². The normalized spacial score (nSPS) is 11.6. The Morgan fingerprint density at radius 2 is 2.10 bits per heavy atom. The van der Waals surface area contributed by atoms with Crippen LogP contribution < -0.4 is 10.1 Å². The highest BCUT2D eigenvalue weighted by Gasteiger charge is 2.25. The number of anilines is 1. The molecular formula is C16H17ClN6O4S2.